The quantitative estimate of drug-likeness (QED) is 0.704. The molecule has 1 amide bonds. The normalized spacial score (nSPS) is 21.7. The summed E-state index contributed by atoms with van der Waals surface area (Å²) in [5, 5.41) is 9.98. The summed E-state index contributed by atoms with van der Waals surface area (Å²) in [6.07, 6.45) is 3.70. The number of esters is 1. The van der Waals surface area contributed by atoms with Crippen molar-refractivity contribution in [1.82, 2.24) is 20.4 Å². The third-order valence-electron chi connectivity index (χ3n) is 3.42. The van der Waals surface area contributed by atoms with Gasteiger partial charge in [0.05, 0.1) is 18.7 Å². The van der Waals surface area contributed by atoms with Gasteiger partial charge in [0.1, 0.15) is 6.54 Å². The van der Waals surface area contributed by atoms with Gasteiger partial charge < -0.3 is 15.4 Å². The van der Waals surface area contributed by atoms with E-state index in [4.69, 9.17) is 4.74 Å². The number of hydrogen-bond acceptors (Lipinski definition) is 5. The van der Waals surface area contributed by atoms with Gasteiger partial charge in [-0.25, -0.2) is 0 Å². The summed E-state index contributed by atoms with van der Waals surface area (Å²) < 4.78 is 6.51. The van der Waals surface area contributed by atoms with E-state index >= 15 is 0 Å². The van der Waals surface area contributed by atoms with Crippen LogP contribution >= 0.6 is 0 Å². The summed E-state index contributed by atoms with van der Waals surface area (Å²) in [5.74, 6) is -0.638. The Hall–Kier alpha value is -1.89. The molecule has 0 bridgehead atoms. The topological polar surface area (TPSA) is 85.2 Å². The first-order valence-electron chi connectivity index (χ1n) is 6.74. The van der Waals surface area contributed by atoms with Crippen molar-refractivity contribution in [3.8, 4) is 0 Å². The lowest BCUT2D eigenvalue weighted by molar-refractivity contribution is -0.143. The lowest BCUT2D eigenvalue weighted by atomic mass is 9.90. The molecule has 0 unspecified atom stereocenters. The minimum Gasteiger partial charge on any atom is -0.465 e. The van der Waals surface area contributed by atoms with Gasteiger partial charge in [-0.15, -0.1) is 0 Å². The molecule has 0 aliphatic carbocycles. The SMILES string of the molecule is CCOC(=O)CNC(=O)[C@H]1CNC[C@@H]1c1cnn(C)c1. The fraction of sp³-hybridized carbons (Fsp3) is 0.615. The second-order valence-corrected chi connectivity index (χ2v) is 4.84. The highest BCUT2D eigenvalue weighted by Gasteiger charge is 2.34. The van der Waals surface area contributed by atoms with E-state index < -0.39 is 5.97 Å². The molecule has 2 rings (SSSR count). The van der Waals surface area contributed by atoms with Gasteiger partial charge in [0.25, 0.3) is 0 Å². The van der Waals surface area contributed by atoms with Crippen molar-refractivity contribution in [3.05, 3.63) is 18.0 Å². The predicted molar refractivity (Wildman–Crippen MR) is 72.0 cm³/mol. The molecular weight excluding hydrogens is 260 g/mol. The van der Waals surface area contributed by atoms with Gasteiger partial charge in [0.15, 0.2) is 0 Å². The molecule has 2 heterocycles. The van der Waals surface area contributed by atoms with Crippen molar-refractivity contribution in [1.29, 1.82) is 0 Å². The highest BCUT2D eigenvalue weighted by Crippen LogP contribution is 2.27. The Bertz CT molecular complexity index is 486. The molecule has 0 saturated carbocycles. The Balaban J connectivity index is 1.93. The number of rotatable bonds is 5. The molecular formula is C13H20N4O3. The smallest absolute Gasteiger partial charge is 0.325 e. The number of hydrogen-bond donors (Lipinski definition) is 2. The van der Waals surface area contributed by atoms with E-state index in [-0.39, 0.29) is 24.3 Å². The number of aryl methyl sites for hydroxylation is 1. The van der Waals surface area contributed by atoms with Crippen molar-refractivity contribution < 1.29 is 14.3 Å². The Kier molecular flexibility index (Phi) is 4.73. The van der Waals surface area contributed by atoms with Crippen LogP contribution in [-0.4, -0.2) is 47.9 Å². The van der Waals surface area contributed by atoms with Crippen LogP contribution in [0.5, 0.6) is 0 Å². The van der Waals surface area contributed by atoms with Gasteiger partial charge in [-0.1, -0.05) is 0 Å². The summed E-state index contributed by atoms with van der Waals surface area (Å²) in [7, 11) is 1.85. The van der Waals surface area contributed by atoms with E-state index in [9.17, 15) is 9.59 Å². The number of ether oxygens (including phenoxy) is 1. The molecule has 1 aliphatic heterocycles. The van der Waals surface area contributed by atoms with E-state index in [1.54, 1.807) is 17.8 Å². The maximum atomic E-state index is 12.2. The Labute approximate surface area is 117 Å². The standard InChI is InChI=1S/C13H20N4O3/c1-3-20-12(18)7-15-13(19)11-6-14-5-10(11)9-4-16-17(2)8-9/h4,8,10-11,14H,3,5-7H2,1-2H3,(H,15,19)/t10-,11+/m1/s1. The highest BCUT2D eigenvalue weighted by molar-refractivity contribution is 5.84. The first-order chi connectivity index (χ1) is 9.61. The minimum absolute atomic E-state index is 0.0804. The Morgan fingerprint density at radius 3 is 3.00 bits per heavy atom. The molecule has 20 heavy (non-hydrogen) atoms. The first kappa shape index (κ1) is 14.5. The van der Waals surface area contributed by atoms with Crippen molar-refractivity contribution in [3.63, 3.8) is 0 Å². The maximum absolute atomic E-state index is 12.2. The third kappa shape index (κ3) is 3.36. The molecule has 0 spiro atoms. The van der Waals surface area contributed by atoms with Crippen molar-refractivity contribution in [2.24, 2.45) is 13.0 Å². The minimum atomic E-state index is -0.412. The zero-order valence-electron chi connectivity index (χ0n) is 11.8. The van der Waals surface area contributed by atoms with E-state index in [2.05, 4.69) is 15.7 Å². The zero-order chi connectivity index (χ0) is 14.5. The first-order valence-corrected chi connectivity index (χ1v) is 6.74. The van der Waals surface area contributed by atoms with E-state index in [0.717, 1.165) is 12.1 Å². The lowest BCUT2D eigenvalue weighted by Crippen LogP contribution is -2.37. The summed E-state index contributed by atoms with van der Waals surface area (Å²) in [6, 6.07) is 0. The average Bonchev–Trinajstić information content (AvgIpc) is 3.04. The van der Waals surface area contributed by atoms with Crippen LogP contribution in [0.15, 0.2) is 12.4 Å². The van der Waals surface area contributed by atoms with Crippen molar-refractivity contribution in [2.75, 3.05) is 26.2 Å². The third-order valence-corrected chi connectivity index (χ3v) is 3.42. The van der Waals surface area contributed by atoms with Gasteiger partial charge in [-0.3, -0.25) is 14.3 Å². The molecule has 7 nitrogen and oxygen atoms in total. The van der Waals surface area contributed by atoms with E-state index in [1.165, 1.54) is 0 Å². The highest BCUT2D eigenvalue weighted by atomic mass is 16.5. The van der Waals surface area contributed by atoms with Crippen LogP contribution in [0.3, 0.4) is 0 Å². The van der Waals surface area contributed by atoms with Gasteiger partial charge in [-0.05, 0) is 12.5 Å². The van der Waals surface area contributed by atoms with Crippen molar-refractivity contribution >= 4 is 11.9 Å². The molecule has 1 aromatic rings. The van der Waals surface area contributed by atoms with Gasteiger partial charge in [0.2, 0.25) is 5.91 Å². The summed E-state index contributed by atoms with van der Waals surface area (Å²) >= 11 is 0. The van der Waals surface area contributed by atoms with Crippen LogP contribution in [0, 0.1) is 5.92 Å². The molecule has 110 valence electrons. The number of aromatic nitrogens is 2. The number of nitrogens with one attached hydrogen (secondary N) is 2. The lowest BCUT2D eigenvalue weighted by Gasteiger charge is -2.16. The molecule has 1 fully saturated rings. The zero-order valence-corrected chi connectivity index (χ0v) is 11.8. The fourth-order valence-electron chi connectivity index (χ4n) is 2.44. The van der Waals surface area contributed by atoms with Crippen LogP contribution in [0.1, 0.15) is 18.4 Å². The van der Waals surface area contributed by atoms with Crippen molar-refractivity contribution in [2.45, 2.75) is 12.8 Å². The fourth-order valence-corrected chi connectivity index (χ4v) is 2.44. The Morgan fingerprint density at radius 2 is 2.35 bits per heavy atom. The molecule has 0 aromatic carbocycles. The molecule has 2 atom stereocenters. The second kappa shape index (κ2) is 6.51. The summed E-state index contributed by atoms with van der Waals surface area (Å²) in [4.78, 5) is 23.4. The summed E-state index contributed by atoms with van der Waals surface area (Å²) in [5.41, 5.74) is 1.04. The molecule has 2 N–H and O–H groups in total. The van der Waals surface area contributed by atoms with E-state index in [1.807, 2.05) is 13.2 Å². The van der Waals surface area contributed by atoms with E-state index in [0.29, 0.717) is 13.2 Å². The van der Waals surface area contributed by atoms with Crippen LogP contribution in [0.2, 0.25) is 0 Å². The maximum Gasteiger partial charge on any atom is 0.325 e. The molecule has 0 radical (unpaired) electrons. The number of nitrogens with zero attached hydrogens (tertiary/aromatic N) is 2. The second-order valence-electron chi connectivity index (χ2n) is 4.84. The average molecular weight is 280 g/mol. The summed E-state index contributed by atoms with van der Waals surface area (Å²) in [6.45, 7) is 3.32. The molecule has 1 aliphatic rings. The van der Waals surface area contributed by atoms with Gasteiger partial charge in [-0.2, -0.15) is 5.10 Å². The monoisotopic (exact) mass is 280 g/mol. The largest absolute Gasteiger partial charge is 0.465 e. The molecule has 1 aromatic heterocycles. The molecule has 7 heteroatoms. The van der Waals surface area contributed by atoms with Crippen LogP contribution in [-0.2, 0) is 21.4 Å². The number of carbonyl (C=O) groups is 2. The number of carbonyl (C=O) groups excluding carboxylic acids is 2. The van der Waals surface area contributed by atoms with Crippen LogP contribution in [0.25, 0.3) is 0 Å². The van der Waals surface area contributed by atoms with Crippen LogP contribution < -0.4 is 10.6 Å². The predicted octanol–water partition coefficient (Wildman–Crippen LogP) is -0.598. The van der Waals surface area contributed by atoms with Gasteiger partial charge in [0, 0.05) is 32.3 Å². The number of amides is 1. The molecule has 1 saturated heterocycles. The van der Waals surface area contributed by atoms with Gasteiger partial charge >= 0.3 is 5.97 Å². The Morgan fingerprint density at radius 1 is 1.55 bits per heavy atom. The van der Waals surface area contributed by atoms with Crippen LogP contribution in [0.4, 0.5) is 0 Å².